The summed E-state index contributed by atoms with van der Waals surface area (Å²) in [5.74, 6) is 0.779. The van der Waals surface area contributed by atoms with Crippen LogP contribution in [-0.4, -0.2) is 0 Å². The van der Waals surface area contributed by atoms with E-state index in [1.165, 1.54) is 0 Å². The van der Waals surface area contributed by atoms with Gasteiger partial charge in [0.15, 0.2) is 0 Å². The van der Waals surface area contributed by atoms with Crippen molar-refractivity contribution in [2.75, 3.05) is 5.73 Å². The molecular formula is C21H19NO. The molecule has 2 nitrogen and oxygen atoms in total. The first-order valence-electron chi connectivity index (χ1n) is 7.58. The van der Waals surface area contributed by atoms with Crippen molar-refractivity contribution in [1.82, 2.24) is 0 Å². The summed E-state index contributed by atoms with van der Waals surface area (Å²) in [6.07, 6.45) is 1.80. The Balaban J connectivity index is 1.96. The van der Waals surface area contributed by atoms with Crippen LogP contribution in [0.2, 0.25) is 0 Å². The van der Waals surface area contributed by atoms with Gasteiger partial charge in [-0.25, -0.2) is 0 Å². The highest BCUT2D eigenvalue weighted by molar-refractivity contribution is 5.79. The zero-order valence-corrected chi connectivity index (χ0v) is 13.1. The molecule has 0 spiro atoms. The van der Waals surface area contributed by atoms with Crippen LogP contribution in [0.15, 0.2) is 85.1 Å². The number of ether oxygens (including phenoxy) is 1. The van der Waals surface area contributed by atoms with E-state index in [0.29, 0.717) is 0 Å². The predicted molar refractivity (Wildman–Crippen MR) is 96.2 cm³/mol. The molecule has 0 saturated carbocycles. The number of benzene rings is 3. The van der Waals surface area contributed by atoms with E-state index >= 15 is 0 Å². The average Bonchev–Trinajstić information content (AvgIpc) is 2.60. The summed E-state index contributed by atoms with van der Waals surface area (Å²) in [4.78, 5) is 0. The van der Waals surface area contributed by atoms with Gasteiger partial charge in [0, 0.05) is 11.3 Å². The maximum Gasteiger partial charge on any atom is 0.126 e. The van der Waals surface area contributed by atoms with Crippen molar-refractivity contribution < 1.29 is 4.74 Å². The van der Waals surface area contributed by atoms with Crippen LogP contribution in [0.4, 0.5) is 5.69 Å². The molecule has 0 amide bonds. The van der Waals surface area contributed by atoms with Gasteiger partial charge in [0.25, 0.3) is 0 Å². The number of rotatable bonds is 4. The molecule has 0 aliphatic carbocycles. The van der Waals surface area contributed by atoms with Crippen LogP contribution < -0.4 is 10.5 Å². The lowest BCUT2D eigenvalue weighted by Gasteiger charge is -2.10. The van der Waals surface area contributed by atoms with Crippen LogP contribution in [-0.2, 0) is 0 Å². The second-order valence-electron chi connectivity index (χ2n) is 5.40. The first-order chi connectivity index (χ1) is 11.2. The van der Waals surface area contributed by atoms with Crippen LogP contribution in [0, 0.1) is 6.92 Å². The Morgan fingerprint density at radius 2 is 1.39 bits per heavy atom. The number of hydrogen-bond donors (Lipinski definition) is 1. The summed E-state index contributed by atoms with van der Waals surface area (Å²) in [5.41, 5.74) is 10.9. The average molecular weight is 301 g/mol. The van der Waals surface area contributed by atoms with Crippen molar-refractivity contribution >= 4 is 11.3 Å². The van der Waals surface area contributed by atoms with Gasteiger partial charge in [-0.05, 0) is 41.8 Å². The van der Waals surface area contributed by atoms with Gasteiger partial charge in [0.05, 0.1) is 6.26 Å². The van der Waals surface area contributed by atoms with Crippen molar-refractivity contribution in [1.29, 1.82) is 0 Å². The van der Waals surface area contributed by atoms with Gasteiger partial charge < -0.3 is 10.5 Å². The van der Waals surface area contributed by atoms with Crippen LogP contribution in [0.1, 0.15) is 16.7 Å². The van der Waals surface area contributed by atoms with Gasteiger partial charge >= 0.3 is 0 Å². The third kappa shape index (κ3) is 3.61. The number of aryl methyl sites for hydroxylation is 1. The molecule has 0 radical (unpaired) electrons. The molecule has 0 saturated heterocycles. The van der Waals surface area contributed by atoms with Crippen molar-refractivity contribution in [3.05, 3.63) is 102 Å². The number of anilines is 1. The van der Waals surface area contributed by atoms with Crippen LogP contribution in [0.3, 0.4) is 0 Å². The van der Waals surface area contributed by atoms with E-state index in [2.05, 4.69) is 24.3 Å². The van der Waals surface area contributed by atoms with Crippen molar-refractivity contribution in [2.24, 2.45) is 0 Å². The Kier molecular flexibility index (Phi) is 4.44. The minimum absolute atomic E-state index is 0.771. The van der Waals surface area contributed by atoms with Gasteiger partial charge in [-0.15, -0.1) is 0 Å². The summed E-state index contributed by atoms with van der Waals surface area (Å²) in [5, 5.41) is 0. The van der Waals surface area contributed by atoms with E-state index in [1.54, 1.807) is 6.26 Å². The summed E-state index contributed by atoms with van der Waals surface area (Å²) >= 11 is 0. The van der Waals surface area contributed by atoms with E-state index in [0.717, 1.165) is 33.7 Å². The van der Waals surface area contributed by atoms with E-state index in [-0.39, 0.29) is 0 Å². The van der Waals surface area contributed by atoms with Crippen molar-refractivity contribution in [2.45, 2.75) is 6.92 Å². The molecular weight excluding hydrogens is 282 g/mol. The lowest BCUT2D eigenvalue weighted by molar-refractivity contribution is 0.483. The zero-order chi connectivity index (χ0) is 16.1. The minimum atomic E-state index is 0.771. The highest BCUT2D eigenvalue weighted by Gasteiger charge is 2.05. The standard InChI is InChI=1S/C21H19NO/c1-16-14-19(12-13-21(16)22)23-15-20(17-8-4-2-5-9-17)18-10-6-3-7-11-18/h2-15H,22H2,1H3. The lowest BCUT2D eigenvalue weighted by Crippen LogP contribution is -1.93. The Morgan fingerprint density at radius 3 is 1.91 bits per heavy atom. The van der Waals surface area contributed by atoms with Gasteiger partial charge in [-0.1, -0.05) is 60.7 Å². The topological polar surface area (TPSA) is 35.2 Å². The van der Waals surface area contributed by atoms with E-state index in [4.69, 9.17) is 10.5 Å². The quantitative estimate of drug-likeness (QED) is 0.541. The zero-order valence-electron chi connectivity index (χ0n) is 13.1. The van der Waals surface area contributed by atoms with Crippen LogP contribution in [0.25, 0.3) is 5.57 Å². The molecule has 0 bridgehead atoms. The largest absolute Gasteiger partial charge is 0.464 e. The summed E-state index contributed by atoms with van der Waals surface area (Å²) < 4.78 is 5.90. The lowest BCUT2D eigenvalue weighted by atomic mass is 9.99. The molecule has 0 unspecified atom stereocenters. The third-order valence-electron chi connectivity index (χ3n) is 3.72. The van der Waals surface area contributed by atoms with E-state index in [9.17, 15) is 0 Å². The maximum atomic E-state index is 5.90. The van der Waals surface area contributed by atoms with Crippen LogP contribution >= 0.6 is 0 Å². The predicted octanol–water partition coefficient (Wildman–Crippen LogP) is 5.05. The summed E-state index contributed by atoms with van der Waals surface area (Å²) in [6, 6.07) is 26.1. The Morgan fingerprint density at radius 1 is 0.826 bits per heavy atom. The van der Waals surface area contributed by atoms with Gasteiger partial charge in [-0.2, -0.15) is 0 Å². The SMILES string of the molecule is Cc1cc(OC=C(c2ccccc2)c2ccccc2)ccc1N. The second-order valence-corrected chi connectivity index (χ2v) is 5.40. The van der Waals surface area contributed by atoms with E-state index < -0.39 is 0 Å². The smallest absolute Gasteiger partial charge is 0.126 e. The first kappa shape index (κ1) is 14.9. The van der Waals surface area contributed by atoms with Crippen molar-refractivity contribution in [3.8, 4) is 5.75 Å². The second kappa shape index (κ2) is 6.84. The van der Waals surface area contributed by atoms with Crippen molar-refractivity contribution in [3.63, 3.8) is 0 Å². The molecule has 0 aliphatic heterocycles. The molecule has 0 aliphatic rings. The Bertz CT molecular complexity index is 766. The molecule has 114 valence electrons. The summed E-state index contributed by atoms with van der Waals surface area (Å²) in [7, 11) is 0. The normalized spacial score (nSPS) is 10.1. The molecule has 2 N–H and O–H groups in total. The van der Waals surface area contributed by atoms with Crippen LogP contribution in [0.5, 0.6) is 5.75 Å². The van der Waals surface area contributed by atoms with Gasteiger partial charge in [0.2, 0.25) is 0 Å². The molecule has 23 heavy (non-hydrogen) atoms. The fourth-order valence-corrected chi connectivity index (χ4v) is 2.39. The molecule has 0 aromatic heterocycles. The molecule has 3 aromatic rings. The minimum Gasteiger partial charge on any atom is -0.464 e. The van der Waals surface area contributed by atoms with Gasteiger partial charge in [0.1, 0.15) is 5.75 Å². The number of nitrogens with two attached hydrogens (primary N) is 1. The molecule has 0 fully saturated rings. The first-order valence-corrected chi connectivity index (χ1v) is 7.58. The highest BCUT2D eigenvalue weighted by atomic mass is 16.5. The fourth-order valence-electron chi connectivity index (χ4n) is 2.39. The molecule has 3 aromatic carbocycles. The summed E-state index contributed by atoms with van der Waals surface area (Å²) in [6.45, 7) is 1.97. The van der Waals surface area contributed by atoms with E-state index in [1.807, 2.05) is 61.5 Å². The Labute approximate surface area is 136 Å². The van der Waals surface area contributed by atoms with Gasteiger partial charge in [-0.3, -0.25) is 0 Å². The molecule has 0 heterocycles. The fraction of sp³-hybridized carbons (Fsp3) is 0.0476. The highest BCUT2D eigenvalue weighted by Crippen LogP contribution is 2.25. The number of hydrogen-bond acceptors (Lipinski definition) is 2. The monoisotopic (exact) mass is 301 g/mol. The Hall–Kier alpha value is -3.00. The number of nitrogen functional groups attached to an aromatic ring is 1. The third-order valence-corrected chi connectivity index (χ3v) is 3.72. The molecule has 3 rings (SSSR count). The maximum absolute atomic E-state index is 5.90. The molecule has 0 atom stereocenters. The molecule has 2 heteroatoms.